The maximum atomic E-state index is 11.7. The van der Waals surface area contributed by atoms with Crippen LogP contribution < -0.4 is 0 Å². The van der Waals surface area contributed by atoms with Crippen LogP contribution in [0, 0.1) is 5.92 Å². The highest BCUT2D eigenvalue weighted by Crippen LogP contribution is 2.16. The molecule has 0 aromatic heterocycles. The van der Waals surface area contributed by atoms with Crippen molar-refractivity contribution in [2.24, 2.45) is 5.92 Å². The van der Waals surface area contributed by atoms with E-state index < -0.39 is 10.1 Å². The molecule has 3 nitrogen and oxygen atoms in total. The first-order valence-corrected chi connectivity index (χ1v) is 6.32. The van der Waals surface area contributed by atoms with E-state index in [0.717, 1.165) is 0 Å². The minimum Gasteiger partial charge on any atom is -0.263 e. The molecule has 1 rings (SSSR count). The van der Waals surface area contributed by atoms with Gasteiger partial charge in [-0.05, 0) is 25.0 Å². The molecule has 0 aliphatic rings. The third-order valence-corrected chi connectivity index (χ3v) is 3.66. The van der Waals surface area contributed by atoms with Gasteiger partial charge in [0.25, 0.3) is 10.1 Å². The Kier molecular flexibility index (Phi) is 3.88. The molecule has 1 aromatic carbocycles. The highest BCUT2D eigenvalue weighted by Gasteiger charge is 2.20. The fraction of sp³-hybridized carbons (Fsp3) is 0.455. The van der Waals surface area contributed by atoms with Crippen molar-refractivity contribution in [1.29, 1.82) is 0 Å². The van der Waals surface area contributed by atoms with Crippen LogP contribution in [0.15, 0.2) is 35.2 Å². The van der Waals surface area contributed by atoms with E-state index in [1.54, 1.807) is 25.1 Å². The molecule has 0 heterocycles. The van der Waals surface area contributed by atoms with Gasteiger partial charge in [0.05, 0.1) is 11.0 Å². The first-order valence-electron chi connectivity index (χ1n) is 4.92. The van der Waals surface area contributed by atoms with Crippen molar-refractivity contribution >= 4 is 10.1 Å². The molecule has 0 amide bonds. The second-order valence-electron chi connectivity index (χ2n) is 3.81. The molecule has 4 heteroatoms. The Morgan fingerprint density at radius 3 is 2.07 bits per heavy atom. The maximum Gasteiger partial charge on any atom is 0.297 e. The average Bonchev–Trinajstić information content (AvgIpc) is 2.18. The van der Waals surface area contributed by atoms with Crippen LogP contribution in [0.4, 0.5) is 0 Å². The fourth-order valence-corrected chi connectivity index (χ4v) is 2.18. The van der Waals surface area contributed by atoms with Crippen molar-refractivity contribution in [3.8, 4) is 0 Å². The zero-order valence-electron chi connectivity index (χ0n) is 9.17. The van der Waals surface area contributed by atoms with Gasteiger partial charge in [0.2, 0.25) is 0 Å². The van der Waals surface area contributed by atoms with E-state index in [2.05, 4.69) is 0 Å². The van der Waals surface area contributed by atoms with Crippen LogP contribution in [0.2, 0.25) is 0 Å². The third kappa shape index (κ3) is 3.32. The Morgan fingerprint density at radius 1 is 1.07 bits per heavy atom. The second kappa shape index (κ2) is 4.77. The first-order chi connectivity index (χ1) is 6.93. The van der Waals surface area contributed by atoms with Gasteiger partial charge in [0.1, 0.15) is 0 Å². The van der Waals surface area contributed by atoms with Gasteiger partial charge in [-0.15, -0.1) is 0 Å². The molecule has 0 fully saturated rings. The van der Waals surface area contributed by atoms with Gasteiger partial charge < -0.3 is 0 Å². The first kappa shape index (κ1) is 12.2. The molecule has 0 saturated heterocycles. The monoisotopic (exact) mass is 228 g/mol. The molecule has 1 aromatic rings. The maximum absolute atomic E-state index is 11.7. The smallest absolute Gasteiger partial charge is 0.263 e. The van der Waals surface area contributed by atoms with Gasteiger partial charge in [-0.3, -0.25) is 4.18 Å². The minimum absolute atomic E-state index is 0.170. The molecule has 15 heavy (non-hydrogen) atoms. The predicted molar refractivity (Wildman–Crippen MR) is 59.0 cm³/mol. The Morgan fingerprint density at radius 2 is 1.60 bits per heavy atom. The summed E-state index contributed by atoms with van der Waals surface area (Å²) < 4.78 is 28.5. The Hall–Kier alpha value is -0.870. The van der Waals surface area contributed by atoms with Crippen LogP contribution in [0.1, 0.15) is 20.8 Å². The minimum atomic E-state index is -3.60. The van der Waals surface area contributed by atoms with E-state index >= 15 is 0 Å². The van der Waals surface area contributed by atoms with E-state index in [9.17, 15) is 8.42 Å². The van der Waals surface area contributed by atoms with E-state index in [1.165, 1.54) is 12.1 Å². The SMILES string of the molecule is CC(C)C(C)OS(=O)(=O)c1ccccc1. The summed E-state index contributed by atoms with van der Waals surface area (Å²) in [5.41, 5.74) is 0. The van der Waals surface area contributed by atoms with Gasteiger partial charge in [0, 0.05) is 0 Å². The summed E-state index contributed by atoms with van der Waals surface area (Å²) in [5.74, 6) is 0.170. The topological polar surface area (TPSA) is 43.4 Å². The van der Waals surface area contributed by atoms with Gasteiger partial charge in [-0.1, -0.05) is 32.0 Å². The van der Waals surface area contributed by atoms with Crippen molar-refractivity contribution in [1.82, 2.24) is 0 Å². The molecule has 1 atom stereocenters. The highest BCUT2D eigenvalue weighted by atomic mass is 32.2. The molecule has 0 N–H and O–H groups in total. The number of hydrogen-bond acceptors (Lipinski definition) is 3. The van der Waals surface area contributed by atoms with Crippen molar-refractivity contribution in [2.75, 3.05) is 0 Å². The Labute approximate surface area is 91.2 Å². The summed E-state index contributed by atoms with van der Waals surface area (Å²) in [7, 11) is -3.60. The second-order valence-corrected chi connectivity index (χ2v) is 5.38. The standard InChI is InChI=1S/C11H16O3S/c1-9(2)10(3)14-15(12,13)11-7-5-4-6-8-11/h4-10H,1-3H3. The quantitative estimate of drug-likeness (QED) is 0.743. The van der Waals surface area contributed by atoms with Crippen LogP contribution in [-0.2, 0) is 14.3 Å². The Balaban J connectivity index is 2.86. The van der Waals surface area contributed by atoms with Crippen LogP contribution in [0.3, 0.4) is 0 Å². The van der Waals surface area contributed by atoms with Gasteiger partial charge in [-0.2, -0.15) is 8.42 Å². The van der Waals surface area contributed by atoms with E-state index in [-0.39, 0.29) is 16.9 Å². The van der Waals surface area contributed by atoms with E-state index in [4.69, 9.17) is 4.18 Å². The molecule has 0 aliphatic carbocycles. The molecule has 0 radical (unpaired) electrons. The summed E-state index contributed by atoms with van der Waals surface area (Å²) in [4.78, 5) is 0.206. The lowest BCUT2D eigenvalue weighted by molar-refractivity contribution is 0.178. The van der Waals surface area contributed by atoms with Gasteiger partial charge in [0.15, 0.2) is 0 Å². The number of benzene rings is 1. The lowest BCUT2D eigenvalue weighted by Crippen LogP contribution is -2.20. The summed E-state index contributed by atoms with van der Waals surface area (Å²) in [5, 5.41) is 0. The van der Waals surface area contributed by atoms with Crippen molar-refractivity contribution in [3.63, 3.8) is 0 Å². The predicted octanol–water partition coefficient (Wildman–Crippen LogP) is 2.44. The summed E-state index contributed by atoms with van der Waals surface area (Å²) >= 11 is 0. The van der Waals surface area contributed by atoms with Gasteiger partial charge >= 0.3 is 0 Å². The highest BCUT2D eigenvalue weighted by molar-refractivity contribution is 7.86. The molecular formula is C11H16O3S. The summed E-state index contributed by atoms with van der Waals surface area (Å²) in [6.07, 6.45) is -0.310. The number of rotatable bonds is 4. The number of hydrogen-bond donors (Lipinski definition) is 0. The molecule has 1 unspecified atom stereocenters. The summed E-state index contributed by atoms with van der Waals surface area (Å²) in [6.45, 7) is 5.60. The summed E-state index contributed by atoms with van der Waals surface area (Å²) in [6, 6.07) is 8.18. The van der Waals surface area contributed by atoms with Crippen molar-refractivity contribution < 1.29 is 12.6 Å². The van der Waals surface area contributed by atoms with Crippen LogP contribution in [0.25, 0.3) is 0 Å². The fourth-order valence-electron chi connectivity index (χ4n) is 0.954. The zero-order valence-corrected chi connectivity index (χ0v) is 9.99. The average molecular weight is 228 g/mol. The lowest BCUT2D eigenvalue weighted by atomic mass is 10.1. The largest absolute Gasteiger partial charge is 0.297 e. The van der Waals surface area contributed by atoms with Gasteiger partial charge in [-0.25, -0.2) is 0 Å². The van der Waals surface area contributed by atoms with Crippen LogP contribution in [-0.4, -0.2) is 14.5 Å². The normalized spacial score (nSPS) is 14.1. The molecule has 0 saturated carbocycles. The zero-order chi connectivity index (χ0) is 11.5. The molecule has 0 spiro atoms. The third-order valence-electron chi connectivity index (χ3n) is 2.25. The van der Waals surface area contributed by atoms with Crippen LogP contribution in [0.5, 0.6) is 0 Å². The molecule has 84 valence electrons. The van der Waals surface area contributed by atoms with Crippen molar-refractivity contribution in [2.45, 2.75) is 31.8 Å². The lowest BCUT2D eigenvalue weighted by Gasteiger charge is -2.15. The van der Waals surface area contributed by atoms with E-state index in [1.807, 2.05) is 13.8 Å². The van der Waals surface area contributed by atoms with E-state index in [0.29, 0.717) is 0 Å². The van der Waals surface area contributed by atoms with Crippen molar-refractivity contribution in [3.05, 3.63) is 30.3 Å². The molecule has 0 aliphatic heterocycles. The molecular weight excluding hydrogens is 212 g/mol. The Bertz CT molecular complexity index is 395. The molecule has 0 bridgehead atoms. The van der Waals surface area contributed by atoms with Crippen LogP contribution >= 0.6 is 0 Å².